The molecule has 490 valence electrons. The molecule has 4 aliphatic heterocycles. The Bertz CT molecular complexity index is 3090. The summed E-state index contributed by atoms with van der Waals surface area (Å²) in [4.78, 5) is 32.7. The summed E-state index contributed by atoms with van der Waals surface area (Å²) in [5.41, 5.74) is 5.34. The van der Waals surface area contributed by atoms with Crippen LogP contribution in [0.3, 0.4) is 0 Å². The molecule has 12 fully saturated rings. The first-order valence-electron chi connectivity index (χ1n) is 35.5. The lowest BCUT2D eigenvalue weighted by atomic mass is 9.54. The number of carbonyl (C=O) groups excluding carboxylic acids is 1. The van der Waals surface area contributed by atoms with Gasteiger partial charge in [-0.2, -0.15) is 5.26 Å². The van der Waals surface area contributed by atoms with Crippen molar-refractivity contribution in [1.29, 1.82) is 5.26 Å². The Labute approximate surface area is 554 Å². The second-order valence-electron chi connectivity index (χ2n) is 29.1. The van der Waals surface area contributed by atoms with Crippen LogP contribution in [-0.4, -0.2) is 170 Å². The number of nitrogens with zero attached hydrogens (tertiary/aromatic N) is 9. The third-order valence-corrected chi connectivity index (χ3v) is 24.4. The molecule has 6 atom stereocenters. The summed E-state index contributed by atoms with van der Waals surface area (Å²) in [5, 5.41) is 10.7. The number of rotatable bonds is 12. The highest BCUT2D eigenvalue weighted by Crippen LogP contribution is 2.55. The fourth-order valence-electron chi connectivity index (χ4n) is 19.6. The Morgan fingerprint density at radius 1 is 0.495 bits per heavy atom. The van der Waals surface area contributed by atoms with Crippen molar-refractivity contribution in [2.45, 2.75) is 115 Å². The van der Waals surface area contributed by atoms with Gasteiger partial charge in [0.25, 0.3) is 0 Å². The van der Waals surface area contributed by atoms with E-state index in [1.807, 2.05) is 59.5 Å². The van der Waals surface area contributed by atoms with Gasteiger partial charge in [0.05, 0.1) is 49.6 Å². The zero-order valence-corrected chi connectivity index (χ0v) is 56.4. The summed E-state index contributed by atoms with van der Waals surface area (Å²) < 4.78 is 16.5. The minimum Gasteiger partial charge on any atom is -0.495 e. The Balaban J connectivity index is 0.000000111. The van der Waals surface area contributed by atoms with E-state index in [-0.39, 0.29) is 5.92 Å². The quantitative estimate of drug-likeness (QED) is 0.126. The molecule has 8 saturated carbocycles. The predicted molar refractivity (Wildman–Crippen MR) is 371 cm³/mol. The van der Waals surface area contributed by atoms with Gasteiger partial charge in [-0.1, -0.05) is 85.3 Å². The van der Waals surface area contributed by atoms with Crippen LogP contribution in [0.15, 0.2) is 97.1 Å². The number of para-hydroxylation sites is 3. The van der Waals surface area contributed by atoms with E-state index >= 15 is 0 Å². The van der Waals surface area contributed by atoms with Crippen molar-refractivity contribution in [3.05, 3.63) is 113 Å². The SMILES string of the molecule is COc1ccc(Cl)cc1N1CCN(C(=O)C2CC3C=CC2C3)CC1.COc1ccc(Cl)cc1N1CCN(CC2CCCCC2)CC1.COc1ccccc1N1CCN(C2C3CC4CC(C3)CC2C4)CC1.N#Cc1ccccc1N1CCN(C2CC3CCC2C3)CC1. The normalized spacial score (nSPS) is 30.2. The molecule has 0 aromatic heterocycles. The molecule has 1 amide bonds. The molecule has 4 aromatic carbocycles. The third kappa shape index (κ3) is 14.9. The number of ether oxygens (including phenoxy) is 3. The minimum absolute atomic E-state index is 0.215. The summed E-state index contributed by atoms with van der Waals surface area (Å²) in [7, 11) is 5.19. The van der Waals surface area contributed by atoms with E-state index in [0.717, 1.165) is 196 Å². The number of hydrogen-bond donors (Lipinski definition) is 0. The van der Waals surface area contributed by atoms with Gasteiger partial charge in [-0.05, 0) is 191 Å². The molecule has 17 rings (SSSR count). The number of amides is 1. The van der Waals surface area contributed by atoms with Crippen LogP contribution in [0, 0.1) is 70.5 Å². The van der Waals surface area contributed by atoms with Crippen molar-refractivity contribution >= 4 is 51.9 Å². The molecule has 4 saturated heterocycles. The minimum atomic E-state index is 0.215. The molecule has 15 heteroatoms. The van der Waals surface area contributed by atoms with Crippen LogP contribution in [0.25, 0.3) is 0 Å². The fraction of sp³-hybridized carbons (Fsp3) is 0.632. The molecule has 4 aromatic rings. The molecule has 0 N–H and O–H groups in total. The van der Waals surface area contributed by atoms with Gasteiger partial charge in [-0.15, -0.1) is 0 Å². The highest BCUT2D eigenvalue weighted by molar-refractivity contribution is 6.31. The van der Waals surface area contributed by atoms with Crippen LogP contribution in [0.5, 0.6) is 17.2 Å². The van der Waals surface area contributed by atoms with Gasteiger partial charge in [0.15, 0.2) is 0 Å². The number of carbonyl (C=O) groups is 1. The maximum atomic E-state index is 12.8. The molecule has 6 unspecified atom stereocenters. The lowest BCUT2D eigenvalue weighted by Gasteiger charge is -2.58. The molecule has 9 aliphatic carbocycles. The van der Waals surface area contributed by atoms with E-state index in [1.54, 1.807) is 27.8 Å². The Morgan fingerprint density at radius 2 is 1.02 bits per heavy atom. The van der Waals surface area contributed by atoms with Crippen LogP contribution in [0.4, 0.5) is 22.7 Å². The van der Waals surface area contributed by atoms with Crippen molar-refractivity contribution in [2.24, 2.45) is 59.2 Å². The summed E-state index contributed by atoms with van der Waals surface area (Å²) in [6, 6.07) is 32.1. The molecular weight excluding hydrogens is 1170 g/mol. The second kappa shape index (κ2) is 29.9. The van der Waals surface area contributed by atoms with Crippen LogP contribution >= 0.6 is 23.2 Å². The predicted octanol–water partition coefficient (Wildman–Crippen LogP) is 13.8. The third-order valence-electron chi connectivity index (χ3n) is 24.0. The standard InChI is InChI=1S/C21H30N2O.C19H23ClN2O2.C18H27ClN2O.C18H23N3/c1-24-20-5-3-2-4-19(20)22-6-8-23(9-7-22)21-17-11-15-10-16(13-17)14-18(21)12-15;1-24-18-5-4-15(20)12-17(18)21-6-8-22(9-7-21)19(23)16-11-13-2-3-14(16)10-13;1-22-18-8-7-16(19)13-17(18)21-11-9-20(10-12-21)14-15-5-3-2-4-6-15;19-13-16-3-1-2-4-17(16)20-7-9-21(10-8-20)18-12-14-5-6-15(18)11-14/h2-5,15-18,21H,6-14H2,1H3;2-5,12-14,16H,6-11H2,1H3;7-8,13,15H,2-6,9-12,14H2,1H3;1-4,14-15,18H,5-12H2. The molecule has 91 heavy (non-hydrogen) atoms. The molecule has 0 radical (unpaired) electrons. The van der Waals surface area contributed by atoms with Crippen LogP contribution in [0.1, 0.15) is 108 Å². The fourth-order valence-corrected chi connectivity index (χ4v) is 20.0. The van der Waals surface area contributed by atoms with Gasteiger partial charge in [0.2, 0.25) is 5.91 Å². The smallest absolute Gasteiger partial charge is 0.226 e. The highest BCUT2D eigenvalue weighted by Gasteiger charge is 2.51. The summed E-state index contributed by atoms with van der Waals surface area (Å²) in [6.07, 6.45) is 27.5. The number of anilines is 4. The zero-order chi connectivity index (χ0) is 62.4. The van der Waals surface area contributed by atoms with Crippen LogP contribution in [-0.2, 0) is 4.79 Å². The van der Waals surface area contributed by atoms with Crippen LogP contribution < -0.4 is 33.8 Å². The van der Waals surface area contributed by atoms with E-state index in [9.17, 15) is 10.1 Å². The summed E-state index contributed by atoms with van der Waals surface area (Å²) in [5.74, 6) is 11.6. The average molecular weight is 1280 g/mol. The zero-order valence-electron chi connectivity index (χ0n) is 54.9. The van der Waals surface area contributed by atoms with Gasteiger partial charge in [0, 0.05) is 139 Å². The molecule has 0 spiro atoms. The maximum Gasteiger partial charge on any atom is 0.226 e. The van der Waals surface area contributed by atoms with Crippen molar-refractivity contribution in [1.82, 2.24) is 19.6 Å². The first-order valence-corrected chi connectivity index (χ1v) is 36.3. The first-order chi connectivity index (χ1) is 44.6. The van der Waals surface area contributed by atoms with Gasteiger partial charge >= 0.3 is 0 Å². The molecule has 13 aliphatic rings. The summed E-state index contributed by atoms with van der Waals surface area (Å²) in [6.45, 7) is 18.1. The number of piperazine rings is 4. The van der Waals surface area contributed by atoms with Gasteiger partial charge in [0.1, 0.15) is 23.3 Å². The Kier molecular flexibility index (Phi) is 21.2. The topological polar surface area (TPSA) is 94.5 Å². The van der Waals surface area contributed by atoms with E-state index in [4.69, 9.17) is 37.4 Å². The largest absolute Gasteiger partial charge is 0.495 e. The highest BCUT2D eigenvalue weighted by atomic mass is 35.5. The van der Waals surface area contributed by atoms with Crippen molar-refractivity contribution < 1.29 is 19.0 Å². The monoisotopic (exact) mass is 1280 g/mol. The second-order valence-corrected chi connectivity index (χ2v) is 30.0. The molecular formula is C76H103Cl2N9O4. The Hall–Kier alpha value is -5.36. The van der Waals surface area contributed by atoms with Crippen LogP contribution in [0.2, 0.25) is 10.0 Å². The number of methoxy groups -OCH3 is 3. The maximum absolute atomic E-state index is 12.8. The van der Waals surface area contributed by atoms with Crippen molar-refractivity contribution in [3.8, 4) is 23.3 Å². The van der Waals surface area contributed by atoms with Gasteiger partial charge in [-0.25, -0.2) is 0 Å². The summed E-state index contributed by atoms with van der Waals surface area (Å²) >= 11 is 12.3. The van der Waals surface area contributed by atoms with Gasteiger partial charge < -0.3 is 38.7 Å². The molecule has 13 nitrogen and oxygen atoms in total. The number of fused-ring (bicyclic) bond motifs is 4. The molecule has 4 heterocycles. The number of hydrogen-bond acceptors (Lipinski definition) is 12. The van der Waals surface area contributed by atoms with Gasteiger partial charge in [-0.3, -0.25) is 19.5 Å². The number of allylic oxidation sites excluding steroid dienone is 2. The van der Waals surface area contributed by atoms with E-state index in [1.165, 1.54) is 115 Å². The first kappa shape index (κ1) is 64.4. The van der Waals surface area contributed by atoms with E-state index in [2.05, 4.69) is 82.9 Å². The number of nitriles is 1. The van der Waals surface area contributed by atoms with E-state index < -0.39 is 0 Å². The van der Waals surface area contributed by atoms with Crippen molar-refractivity contribution in [2.75, 3.05) is 152 Å². The molecule has 8 bridgehead atoms. The average Bonchev–Trinajstić information content (AvgIpc) is 1.54. The number of benzene rings is 4. The van der Waals surface area contributed by atoms with E-state index in [0.29, 0.717) is 22.8 Å². The van der Waals surface area contributed by atoms with Crippen molar-refractivity contribution in [3.63, 3.8) is 0 Å². The lowest BCUT2D eigenvalue weighted by molar-refractivity contribution is -0.136. The number of halogens is 2. The Morgan fingerprint density at radius 3 is 1.57 bits per heavy atom. The lowest BCUT2D eigenvalue weighted by Crippen LogP contribution is -2.60.